The van der Waals surface area contributed by atoms with E-state index in [1.807, 2.05) is 12.1 Å². The average Bonchev–Trinajstić information content (AvgIpc) is 3.11. The summed E-state index contributed by atoms with van der Waals surface area (Å²) in [6.45, 7) is 7.52. The quantitative estimate of drug-likeness (QED) is 0.623. The standard InChI is InChI=1S/C23H33NO3Si/c1-23(2,3)28(20-10-6-4-7-11-20,21-12-8-5-9-13-21)27-17-19-14-18(15-25)22(16-26)24-19/h4-13,18-19,22,24-26H,14-17H2,1-3H3/t18-,19+,22-/m0/s1. The smallest absolute Gasteiger partial charge is 0.261 e. The molecule has 2 aromatic carbocycles. The van der Waals surface area contributed by atoms with E-state index in [4.69, 9.17) is 4.43 Å². The molecule has 0 saturated carbocycles. The summed E-state index contributed by atoms with van der Waals surface area (Å²) in [5, 5.41) is 25.1. The Balaban J connectivity index is 1.95. The summed E-state index contributed by atoms with van der Waals surface area (Å²) in [5.74, 6) is 0.0813. The molecule has 0 unspecified atom stereocenters. The van der Waals surface area contributed by atoms with Gasteiger partial charge in [-0.15, -0.1) is 0 Å². The fraction of sp³-hybridized carbons (Fsp3) is 0.478. The molecule has 1 heterocycles. The average molecular weight is 400 g/mol. The lowest BCUT2D eigenvalue weighted by atomic mass is 10.0. The van der Waals surface area contributed by atoms with Crippen LogP contribution in [-0.2, 0) is 4.43 Å². The molecule has 0 aliphatic carbocycles. The molecule has 0 spiro atoms. The van der Waals surface area contributed by atoms with Crippen molar-refractivity contribution in [2.45, 2.75) is 44.3 Å². The van der Waals surface area contributed by atoms with Gasteiger partial charge in [-0.1, -0.05) is 81.4 Å². The number of rotatable bonds is 7. The van der Waals surface area contributed by atoms with Gasteiger partial charge in [0.05, 0.1) is 13.2 Å². The van der Waals surface area contributed by atoms with E-state index in [1.54, 1.807) is 0 Å². The largest absolute Gasteiger partial charge is 0.406 e. The molecule has 28 heavy (non-hydrogen) atoms. The van der Waals surface area contributed by atoms with Crippen LogP contribution in [0.2, 0.25) is 5.04 Å². The molecule has 2 aromatic rings. The summed E-state index contributed by atoms with van der Waals surface area (Å²) in [4.78, 5) is 0. The molecular weight excluding hydrogens is 366 g/mol. The Morgan fingerprint density at radius 2 is 1.46 bits per heavy atom. The van der Waals surface area contributed by atoms with E-state index in [9.17, 15) is 10.2 Å². The minimum absolute atomic E-state index is 0.0426. The predicted molar refractivity (Wildman–Crippen MR) is 117 cm³/mol. The second-order valence-corrected chi connectivity index (χ2v) is 13.1. The number of aliphatic hydroxyl groups is 2. The molecule has 1 aliphatic heterocycles. The van der Waals surface area contributed by atoms with E-state index in [0.29, 0.717) is 6.61 Å². The van der Waals surface area contributed by atoms with Crippen LogP contribution < -0.4 is 15.7 Å². The number of hydrogen-bond donors (Lipinski definition) is 3. The second-order valence-electron chi connectivity index (χ2n) is 8.81. The van der Waals surface area contributed by atoms with E-state index in [1.165, 1.54) is 10.4 Å². The Morgan fingerprint density at radius 1 is 0.929 bits per heavy atom. The van der Waals surface area contributed by atoms with Crippen molar-refractivity contribution in [3.05, 3.63) is 60.7 Å². The van der Waals surface area contributed by atoms with E-state index < -0.39 is 8.32 Å². The van der Waals surface area contributed by atoms with Crippen molar-refractivity contribution in [3.63, 3.8) is 0 Å². The monoisotopic (exact) mass is 399 g/mol. The van der Waals surface area contributed by atoms with Crippen LogP contribution in [0.1, 0.15) is 27.2 Å². The van der Waals surface area contributed by atoms with Crippen molar-refractivity contribution in [3.8, 4) is 0 Å². The van der Waals surface area contributed by atoms with Crippen molar-refractivity contribution in [2.75, 3.05) is 19.8 Å². The van der Waals surface area contributed by atoms with Crippen LogP contribution in [0.4, 0.5) is 0 Å². The summed E-state index contributed by atoms with van der Waals surface area (Å²) in [7, 11) is -2.55. The fourth-order valence-electron chi connectivity index (χ4n) is 4.54. The van der Waals surface area contributed by atoms with Crippen LogP contribution in [0.5, 0.6) is 0 Å². The van der Waals surface area contributed by atoms with Gasteiger partial charge < -0.3 is 20.0 Å². The predicted octanol–water partition coefficient (Wildman–Crippen LogP) is 1.89. The Labute approximate surface area is 169 Å². The van der Waals surface area contributed by atoms with Gasteiger partial charge in [0.25, 0.3) is 8.32 Å². The van der Waals surface area contributed by atoms with Gasteiger partial charge in [0, 0.05) is 24.6 Å². The molecule has 0 radical (unpaired) electrons. The van der Waals surface area contributed by atoms with Crippen LogP contribution in [-0.4, -0.2) is 50.4 Å². The van der Waals surface area contributed by atoms with Gasteiger partial charge in [0.15, 0.2) is 0 Å². The van der Waals surface area contributed by atoms with Gasteiger partial charge in [-0.2, -0.15) is 0 Å². The Kier molecular flexibility index (Phi) is 6.73. The molecule has 0 amide bonds. The van der Waals surface area contributed by atoms with Gasteiger partial charge >= 0.3 is 0 Å². The topological polar surface area (TPSA) is 61.7 Å². The first-order valence-corrected chi connectivity index (χ1v) is 12.1. The summed E-state index contributed by atoms with van der Waals surface area (Å²) < 4.78 is 6.95. The maximum absolute atomic E-state index is 9.62. The minimum atomic E-state index is -2.55. The zero-order valence-electron chi connectivity index (χ0n) is 17.1. The van der Waals surface area contributed by atoms with E-state index in [2.05, 4.69) is 74.6 Å². The number of hydrogen-bond acceptors (Lipinski definition) is 4. The lowest BCUT2D eigenvalue weighted by Crippen LogP contribution is -2.67. The van der Waals surface area contributed by atoms with E-state index in [0.717, 1.165) is 6.42 Å². The second kappa shape index (κ2) is 8.89. The van der Waals surface area contributed by atoms with Crippen LogP contribution in [0, 0.1) is 5.92 Å². The van der Waals surface area contributed by atoms with Crippen molar-refractivity contribution in [1.82, 2.24) is 5.32 Å². The van der Waals surface area contributed by atoms with Gasteiger partial charge in [0.1, 0.15) is 0 Å². The van der Waals surface area contributed by atoms with Crippen molar-refractivity contribution in [2.24, 2.45) is 5.92 Å². The molecule has 152 valence electrons. The van der Waals surface area contributed by atoms with Crippen molar-refractivity contribution < 1.29 is 14.6 Å². The number of nitrogens with one attached hydrogen (secondary N) is 1. The zero-order valence-corrected chi connectivity index (χ0v) is 18.1. The Morgan fingerprint density at radius 3 is 1.86 bits per heavy atom. The fourth-order valence-corrected chi connectivity index (χ4v) is 9.15. The number of benzene rings is 2. The first-order chi connectivity index (χ1) is 13.4. The highest BCUT2D eigenvalue weighted by atomic mass is 28.4. The lowest BCUT2D eigenvalue weighted by Gasteiger charge is -2.43. The van der Waals surface area contributed by atoms with Crippen LogP contribution in [0.3, 0.4) is 0 Å². The van der Waals surface area contributed by atoms with Crippen LogP contribution in [0.25, 0.3) is 0 Å². The highest BCUT2D eigenvalue weighted by Gasteiger charge is 2.50. The molecule has 1 fully saturated rings. The lowest BCUT2D eigenvalue weighted by molar-refractivity contribution is 0.169. The van der Waals surface area contributed by atoms with Crippen molar-refractivity contribution >= 4 is 18.7 Å². The first kappa shape index (κ1) is 21.2. The molecule has 3 rings (SSSR count). The molecular formula is C23H33NO3Si. The molecule has 5 heteroatoms. The van der Waals surface area contributed by atoms with Crippen LogP contribution >= 0.6 is 0 Å². The summed E-state index contributed by atoms with van der Waals surface area (Å²) >= 11 is 0. The van der Waals surface area contributed by atoms with Gasteiger partial charge in [-0.05, 0) is 21.8 Å². The first-order valence-electron chi connectivity index (χ1n) is 10.1. The summed E-state index contributed by atoms with van der Waals surface area (Å²) in [5.41, 5.74) is 0. The van der Waals surface area contributed by atoms with Gasteiger partial charge in [0.2, 0.25) is 0 Å². The Bertz CT molecular complexity index is 681. The highest BCUT2D eigenvalue weighted by Crippen LogP contribution is 2.37. The summed E-state index contributed by atoms with van der Waals surface area (Å²) in [6, 6.07) is 21.3. The van der Waals surface area contributed by atoms with Gasteiger partial charge in [-0.25, -0.2) is 0 Å². The third kappa shape index (κ3) is 4.09. The SMILES string of the molecule is CC(C)(C)[Si](OC[C@H]1C[C@@H](CO)[C@H](CO)N1)(c1ccccc1)c1ccccc1. The maximum atomic E-state index is 9.62. The van der Waals surface area contributed by atoms with E-state index >= 15 is 0 Å². The molecule has 3 atom stereocenters. The molecule has 0 bridgehead atoms. The summed E-state index contributed by atoms with van der Waals surface area (Å²) in [6.07, 6.45) is 0.819. The highest BCUT2D eigenvalue weighted by molar-refractivity contribution is 6.99. The van der Waals surface area contributed by atoms with E-state index in [-0.39, 0.29) is 36.3 Å². The zero-order chi connectivity index (χ0) is 20.2. The molecule has 4 nitrogen and oxygen atoms in total. The third-order valence-electron chi connectivity index (χ3n) is 5.96. The molecule has 3 N–H and O–H groups in total. The Hall–Kier alpha value is -1.50. The minimum Gasteiger partial charge on any atom is -0.406 e. The normalized spacial score (nSPS) is 23.1. The number of aliphatic hydroxyl groups excluding tert-OH is 2. The molecule has 0 aromatic heterocycles. The molecule has 1 saturated heterocycles. The maximum Gasteiger partial charge on any atom is 0.261 e. The van der Waals surface area contributed by atoms with Gasteiger partial charge in [-0.3, -0.25) is 0 Å². The van der Waals surface area contributed by atoms with Crippen molar-refractivity contribution in [1.29, 1.82) is 0 Å². The third-order valence-corrected chi connectivity index (χ3v) is 11.0. The van der Waals surface area contributed by atoms with Crippen LogP contribution in [0.15, 0.2) is 60.7 Å². The molecule has 1 aliphatic rings.